The summed E-state index contributed by atoms with van der Waals surface area (Å²) in [7, 11) is 3.26. The van der Waals surface area contributed by atoms with Gasteiger partial charge in [0, 0.05) is 31.7 Å². The summed E-state index contributed by atoms with van der Waals surface area (Å²) in [4.78, 5) is 17.0. The molecule has 0 bridgehead atoms. The van der Waals surface area contributed by atoms with Gasteiger partial charge in [-0.15, -0.1) is 10.2 Å². The second kappa shape index (κ2) is 11.1. The summed E-state index contributed by atoms with van der Waals surface area (Å²) in [6.07, 6.45) is 0.409. The fourth-order valence-corrected chi connectivity index (χ4v) is 4.57. The van der Waals surface area contributed by atoms with E-state index in [2.05, 4.69) is 39.4 Å². The van der Waals surface area contributed by atoms with E-state index >= 15 is 0 Å². The highest BCUT2D eigenvalue weighted by Crippen LogP contribution is 2.32. The molecule has 1 amide bonds. The van der Waals surface area contributed by atoms with Gasteiger partial charge >= 0.3 is 0 Å². The standard InChI is InChI=1S/C30H30N4O3/c1-36-25-12-14-28(37-2)26(21-25)27-13-15-29(32-31-27)33-16-18-34(19-17-33)30(35)20-22-8-10-24(11-9-22)23-6-4-3-5-7-23/h3-15,21H,16-20H2,1-2H3. The Bertz CT molecular complexity index is 1330. The number of hydrogen-bond donors (Lipinski definition) is 0. The highest BCUT2D eigenvalue weighted by Gasteiger charge is 2.22. The number of rotatable bonds is 7. The number of benzene rings is 3. The van der Waals surface area contributed by atoms with Crippen molar-refractivity contribution < 1.29 is 14.3 Å². The first-order valence-corrected chi connectivity index (χ1v) is 12.4. The molecule has 37 heavy (non-hydrogen) atoms. The van der Waals surface area contributed by atoms with Crippen LogP contribution in [0.4, 0.5) is 5.82 Å². The molecule has 7 nitrogen and oxygen atoms in total. The lowest BCUT2D eigenvalue weighted by molar-refractivity contribution is -0.130. The second-order valence-corrected chi connectivity index (χ2v) is 8.95. The lowest BCUT2D eigenvalue weighted by Crippen LogP contribution is -2.49. The smallest absolute Gasteiger partial charge is 0.227 e. The van der Waals surface area contributed by atoms with Gasteiger partial charge in [0.05, 0.1) is 26.3 Å². The average molecular weight is 495 g/mol. The summed E-state index contributed by atoms with van der Waals surface area (Å²) < 4.78 is 10.8. The first-order valence-electron chi connectivity index (χ1n) is 12.4. The maximum Gasteiger partial charge on any atom is 0.227 e. The van der Waals surface area contributed by atoms with E-state index in [1.54, 1.807) is 14.2 Å². The van der Waals surface area contributed by atoms with Crippen LogP contribution in [0.3, 0.4) is 0 Å². The summed E-state index contributed by atoms with van der Waals surface area (Å²) >= 11 is 0. The highest BCUT2D eigenvalue weighted by molar-refractivity contribution is 5.79. The Kier molecular flexibility index (Phi) is 7.31. The first kappa shape index (κ1) is 24.3. The quantitative estimate of drug-likeness (QED) is 0.370. The van der Waals surface area contributed by atoms with Crippen LogP contribution in [0.1, 0.15) is 5.56 Å². The second-order valence-electron chi connectivity index (χ2n) is 8.95. The van der Waals surface area contributed by atoms with Crippen LogP contribution in [-0.2, 0) is 11.2 Å². The van der Waals surface area contributed by atoms with Gasteiger partial charge in [-0.2, -0.15) is 0 Å². The zero-order chi connectivity index (χ0) is 25.6. The van der Waals surface area contributed by atoms with E-state index in [9.17, 15) is 4.79 Å². The van der Waals surface area contributed by atoms with Crippen molar-refractivity contribution in [2.24, 2.45) is 0 Å². The Morgan fingerprint density at radius 2 is 1.51 bits per heavy atom. The maximum absolute atomic E-state index is 12.9. The van der Waals surface area contributed by atoms with Crippen molar-refractivity contribution in [1.29, 1.82) is 0 Å². The molecule has 1 aliphatic heterocycles. The van der Waals surface area contributed by atoms with Gasteiger partial charge in [-0.1, -0.05) is 54.6 Å². The zero-order valence-electron chi connectivity index (χ0n) is 21.1. The van der Waals surface area contributed by atoms with Crippen LogP contribution >= 0.6 is 0 Å². The van der Waals surface area contributed by atoms with Crippen LogP contribution in [0.25, 0.3) is 22.4 Å². The summed E-state index contributed by atoms with van der Waals surface area (Å²) in [5.41, 5.74) is 4.90. The third-order valence-electron chi connectivity index (χ3n) is 6.71. The summed E-state index contributed by atoms with van der Waals surface area (Å²) in [6.45, 7) is 2.76. The van der Waals surface area contributed by atoms with E-state index < -0.39 is 0 Å². The largest absolute Gasteiger partial charge is 0.497 e. The number of aromatic nitrogens is 2. The van der Waals surface area contributed by atoms with E-state index in [0.717, 1.165) is 41.3 Å². The molecule has 1 saturated heterocycles. The van der Waals surface area contributed by atoms with Crippen LogP contribution in [0.15, 0.2) is 84.9 Å². The molecule has 0 radical (unpaired) electrons. The Labute approximate surface area is 217 Å². The van der Waals surface area contributed by atoms with Crippen molar-refractivity contribution in [2.45, 2.75) is 6.42 Å². The van der Waals surface area contributed by atoms with Gasteiger partial charge in [-0.25, -0.2) is 0 Å². The van der Waals surface area contributed by atoms with Gasteiger partial charge in [0.1, 0.15) is 11.5 Å². The van der Waals surface area contributed by atoms with E-state index in [1.807, 2.05) is 65.6 Å². The number of anilines is 1. The Hall–Kier alpha value is -4.39. The highest BCUT2D eigenvalue weighted by atomic mass is 16.5. The third kappa shape index (κ3) is 5.56. The molecule has 1 fully saturated rings. The predicted molar refractivity (Wildman–Crippen MR) is 145 cm³/mol. The number of piperazine rings is 1. The van der Waals surface area contributed by atoms with Crippen molar-refractivity contribution in [2.75, 3.05) is 45.3 Å². The fraction of sp³-hybridized carbons (Fsp3) is 0.233. The molecule has 7 heteroatoms. The maximum atomic E-state index is 12.9. The number of ether oxygens (including phenoxy) is 2. The van der Waals surface area contributed by atoms with E-state index in [0.29, 0.717) is 31.0 Å². The summed E-state index contributed by atoms with van der Waals surface area (Å²) in [5, 5.41) is 8.90. The van der Waals surface area contributed by atoms with Crippen LogP contribution in [0.5, 0.6) is 11.5 Å². The van der Waals surface area contributed by atoms with Gasteiger partial charge in [0.15, 0.2) is 5.82 Å². The topological polar surface area (TPSA) is 67.8 Å². The van der Waals surface area contributed by atoms with E-state index in [4.69, 9.17) is 9.47 Å². The van der Waals surface area contributed by atoms with Crippen LogP contribution < -0.4 is 14.4 Å². The van der Waals surface area contributed by atoms with Crippen molar-refractivity contribution in [3.8, 4) is 33.9 Å². The van der Waals surface area contributed by atoms with Crippen LogP contribution in [-0.4, -0.2) is 61.4 Å². The molecule has 1 aromatic heterocycles. The third-order valence-corrected chi connectivity index (χ3v) is 6.71. The molecule has 0 spiro atoms. The lowest BCUT2D eigenvalue weighted by Gasteiger charge is -2.35. The van der Waals surface area contributed by atoms with Crippen molar-refractivity contribution in [3.63, 3.8) is 0 Å². The molecule has 5 rings (SSSR count). The minimum absolute atomic E-state index is 0.152. The van der Waals surface area contributed by atoms with Gasteiger partial charge < -0.3 is 19.3 Å². The Morgan fingerprint density at radius 1 is 0.784 bits per heavy atom. The number of hydrogen-bond acceptors (Lipinski definition) is 6. The van der Waals surface area contributed by atoms with Gasteiger partial charge in [0.25, 0.3) is 0 Å². The SMILES string of the molecule is COc1ccc(OC)c(-c2ccc(N3CCN(C(=O)Cc4ccc(-c5ccccc5)cc4)CC3)nn2)c1. The van der Waals surface area contributed by atoms with Crippen molar-refractivity contribution >= 4 is 11.7 Å². The molecule has 0 N–H and O–H groups in total. The summed E-state index contributed by atoms with van der Waals surface area (Å²) in [6, 6.07) is 28.0. The number of amides is 1. The molecule has 0 aliphatic carbocycles. The number of carbonyl (C=O) groups excluding carboxylic acids is 1. The molecule has 188 valence electrons. The van der Waals surface area contributed by atoms with Gasteiger partial charge in [0.2, 0.25) is 5.91 Å². The molecule has 2 heterocycles. The molecular weight excluding hydrogens is 464 g/mol. The number of carbonyl (C=O) groups is 1. The zero-order valence-corrected chi connectivity index (χ0v) is 21.1. The van der Waals surface area contributed by atoms with Crippen molar-refractivity contribution in [3.05, 3.63) is 90.5 Å². The molecule has 0 unspecified atom stereocenters. The van der Waals surface area contributed by atoms with E-state index in [1.165, 1.54) is 5.56 Å². The van der Waals surface area contributed by atoms with Gasteiger partial charge in [-0.3, -0.25) is 4.79 Å². The molecule has 4 aromatic rings. The average Bonchev–Trinajstić information content (AvgIpc) is 2.98. The fourth-order valence-electron chi connectivity index (χ4n) is 4.57. The normalized spacial score (nSPS) is 13.4. The van der Waals surface area contributed by atoms with E-state index in [-0.39, 0.29) is 5.91 Å². The van der Waals surface area contributed by atoms with Crippen LogP contribution in [0, 0.1) is 0 Å². The summed E-state index contributed by atoms with van der Waals surface area (Å²) in [5.74, 6) is 2.40. The number of nitrogens with zero attached hydrogens (tertiary/aromatic N) is 4. The molecule has 3 aromatic carbocycles. The predicted octanol–water partition coefficient (Wildman–Crippen LogP) is 4.72. The number of methoxy groups -OCH3 is 2. The Morgan fingerprint density at radius 3 is 2.16 bits per heavy atom. The lowest BCUT2D eigenvalue weighted by atomic mass is 10.0. The minimum Gasteiger partial charge on any atom is -0.497 e. The monoisotopic (exact) mass is 494 g/mol. The van der Waals surface area contributed by atoms with Crippen molar-refractivity contribution in [1.82, 2.24) is 15.1 Å². The minimum atomic E-state index is 0.152. The molecule has 0 atom stereocenters. The molecular formula is C30H30N4O3. The molecule has 1 aliphatic rings. The first-order chi connectivity index (χ1) is 18.1. The molecule has 0 saturated carbocycles. The van der Waals surface area contributed by atoms with Crippen LogP contribution in [0.2, 0.25) is 0 Å². The Balaban J connectivity index is 1.17. The van der Waals surface area contributed by atoms with Gasteiger partial charge in [-0.05, 0) is 47.0 Å².